The molecular weight excluding hydrogens is 892 g/mol. The maximum atomic E-state index is 13.5. The van der Waals surface area contributed by atoms with E-state index in [-0.39, 0.29) is 60.3 Å². The Kier molecular flexibility index (Phi) is 12.4. The number of fused-ring (bicyclic) bond motifs is 2. The Balaban J connectivity index is 0.706. The first-order valence-electron chi connectivity index (χ1n) is 23.8. The van der Waals surface area contributed by atoms with Crippen LogP contribution in [-0.2, 0) is 19.1 Å². The van der Waals surface area contributed by atoms with Gasteiger partial charge in [-0.2, -0.15) is 4.98 Å². The van der Waals surface area contributed by atoms with Crippen molar-refractivity contribution in [3.05, 3.63) is 75.2 Å². The minimum atomic E-state index is -0.980. The molecule has 6 aliphatic rings. The second-order valence-electron chi connectivity index (χ2n) is 19.5. The highest BCUT2D eigenvalue weighted by molar-refractivity contribution is 6.33. The standard InChI is InChI=1S/C49H57ClN10O8/c1-28(2)59-38-8-5-30(19-29(38)20-40(47(59)66)67-25-42(62)51-3)53-43-37(50)24-52-48(55-43)56-16-11-33(12-17-56)68-34-21-32(22-34)58-18-14-49(27-58)13-4-15-57(26-49)31-6-7-35-36(23-31)46(65)60(45(35)64)39-9-10-41(61)54-44(39)63/h5-8,19-20,23-24,28,32-34,39H,4,9-18,21-22,25-27H2,1-3H3,(H,51,62)(H,52,53,55)(H,54,61,63)/t32?,34?,39-,49?/m1/s1. The molecular formula is C49H57ClN10O8. The van der Waals surface area contributed by atoms with E-state index in [4.69, 9.17) is 26.1 Å². The lowest BCUT2D eigenvalue weighted by molar-refractivity contribution is -0.136. The highest BCUT2D eigenvalue weighted by Gasteiger charge is 2.48. The van der Waals surface area contributed by atoms with Crippen molar-refractivity contribution in [3.63, 3.8) is 0 Å². The summed E-state index contributed by atoms with van der Waals surface area (Å²) in [6.07, 6.45) is 9.31. The summed E-state index contributed by atoms with van der Waals surface area (Å²) < 4.78 is 14.0. The van der Waals surface area contributed by atoms with Crippen molar-refractivity contribution in [3.8, 4) is 5.75 Å². The van der Waals surface area contributed by atoms with Gasteiger partial charge < -0.3 is 34.5 Å². The van der Waals surface area contributed by atoms with E-state index in [1.54, 1.807) is 22.9 Å². The summed E-state index contributed by atoms with van der Waals surface area (Å²) in [5.74, 6) is -1.16. The van der Waals surface area contributed by atoms with Crippen molar-refractivity contribution in [1.29, 1.82) is 0 Å². The van der Waals surface area contributed by atoms with E-state index in [9.17, 15) is 28.8 Å². The minimum absolute atomic E-state index is 0.0894. The number of nitrogens with zero attached hydrogens (tertiary/aromatic N) is 7. The number of hydrogen-bond acceptors (Lipinski definition) is 14. The molecule has 3 N–H and O–H groups in total. The van der Waals surface area contributed by atoms with Crippen molar-refractivity contribution >= 4 is 75.2 Å². The molecule has 19 heteroatoms. The van der Waals surface area contributed by atoms with E-state index < -0.39 is 29.7 Å². The Morgan fingerprint density at radius 1 is 0.912 bits per heavy atom. The van der Waals surface area contributed by atoms with Crippen LogP contribution in [0.5, 0.6) is 5.75 Å². The molecule has 10 rings (SSSR count). The summed E-state index contributed by atoms with van der Waals surface area (Å²) in [4.78, 5) is 93.9. The van der Waals surface area contributed by atoms with Crippen molar-refractivity contribution in [1.82, 2.24) is 35.0 Å². The lowest BCUT2D eigenvalue weighted by atomic mass is 9.78. The number of nitrogens with one attached hydrogen (secondary N) is 3. The maximum absolute atomic E-state index is 13.5. The summed E-state index contributed by atoms with van der Waals surface area (Å²) in [5.41, 5.74) is 2.82. The zero-order valence-corrected chi connectivity index (χ0v) is 39.3. The lowest BCUT2D eigenvalue weighted by Crippen LogP contribution is -2.54. The number of imide groups is 2. The molecule has 0 bridgehead atoms. The Hall–Kier alpha value is -6.11. The minimum Gasteiger partial charge on any atom is -0.478 e. The number of hydrogen-bond donors (Lipinski definition) is 3. The Labute approximate surface area is 398 Å². The van der Waals surface area contributed by atoms with Gasteiger partial charge in [-0.1, -0.05) is 11.6 Å². The van der Waals surface area contributed by atoms with E-state index in [1.807, 2.05) is 44.2 Å². The predicted molar refractivity (Wildman–Crippen MR) is 255 cm³/mol. The number of piperidine rings is 3. The fourth-order valence-corrected chi connectivity index (χ4v) is 11.2. The third-order valence-corrected chi connectivity index (χ3v) is 15.0. The third kappa shape index (κ3) is 8.77. The van der Waals surface area contributed by atoms with Crippen LogP contribution < -0.4 is 36.0 Å². The topological polar surface area (TPSA) is 201 Å². The first-order chi connectivity index (χ1) is 32.8. The highest BCUT2D eigenvalue weighted by atomic mass is 35.5. The van der Waals surface area contributed by atoms with Crippen LogP contribution in [0, 0.1) is 5.41 Å². The number of carbonyl (C=O) groups is 5. The van der Waals surface area contributed by atoms with Gasteiger partial charge in [0.2, 0.25) is 17.8 Å². The van der Waals surface area contributed by atoms with Crippen LogP contribution >= 0.6 is 11.6 Å². The molecule has 2 aromatic heterocycles. The van der Waals surface area contributed by atoms with Gasteiger partial charge in [0.15, 0.2) is 18.2 Å². The van der Waals surface area contributed by atoms with Gasteiger partial charge >= 0.3 is 0 Å². The van der Waals surface area contributed by atoms with E-state index in [0.717, 1.165) is 106 Å². The molecule has 358 valence electrons. The summed E-state index contributed by atoms with van der Waals surface area (Å²) in [6, 6.07) is 12.1. The molecule has 4 saturated heterocycles. The Bertz CT molecular complexity index is 2750. The van der Waals surface area contributed by atoms with Crippen molar-refractivity contribution in [2.24, 2.45) is 5.41 Å². The normalized spacial score (nSPS) is 24.5. The zero-order chi connectivity index (χ0) is 47.4. The van der Waals surface area contributed by atoms with Crippen LogP contribution in [-0.4, -0.2) is 131 Å². The molecule has 5 fully saturated rings. The van der Waals surface area contributed by atoms with Gasteiger partial charge in [0.25, 0.3) is 23.3 Å². The number of ether oxygens (including phenoxy) is 2. The second kappa shape index (κ2) is 18.4. The Morgan fingerprint density at radius 2 is 1.71 bits per heavy atom. The van der Waals surface area contributed by atoms with Gasteiger partial charge in [-0.25, -0.2) is 4.98 Å². The average molecular weight is 950 g/mol. The van der Waals surface area contributed by atoms with Crippen LogP contribution in [0.25, 0.3) is 10.9 Å². The van der Waals surface area contributed by atoms with Crippen molar-refractivity contribution in [2.45, 2.75) is 102 Å². The van der Waals surface area contributed by atoms with E-state index >= 15 is 0 Å². The SMILES string of the molecule is CNC(=O)COc1cc2cc(Nc3nc(N4CCC(OC5CC(N6CCC7(CCCN(c8ccc9c(c8)C(=O)N([C@@H]8CCC(=O)NC8=O)C9=O)C7)C6)C5)CC4)ncc3Cl)ccc2n(C(C)C)c1=O. The van der Waals surface area contributed by atoms with Gasteiger partial charge in [-0.3, -0.25) is 43.9 Å². The smallest absolute Gasteiger partial charge is 0.293 e. The first-order valence-corrected chi connectivity index (χ1v) is 24.2. The number of aromatic nitrogens is 3. The number of likely N-dealkylation sites (N-methyl/N-ethyl adjacent to an activating group) is 1. The Morgan fingerprint density at radius 3 is 2.47 bits per heavy atom. The molecule has 1 unspecified atom stereocenters. The molecule has 4 aromatic rings. The number of halogens is 1. The molecule has 2 atom stereocenters. The molecule has 2 aromatic carbocycles. The molecule has 1 aliphatic carbocycles. The number of anilines is 4. The van der Waals surface area contributed by atoms with Crippen LogP contribution in [0.2, 0.25) is 5.02 Å². The summed E-state index contributed by atoms with van der Waals surface area (Å²) in [5, 5.41) is 9.23. The fourth-order valence-electron chi connectivity index (χ4n) is 11.1. The number of rotatable bonds is 12. The summed E-state index contributed by atoms with van der Waals surface area (Å²) in [7, 11) is 1.51. The van der Waals surface area contributed by atoms with E-state index in [1.165, 1.54) is 7.05 Å². The van der Waals surface area contributed by atoms with Gasteiger partial charge in [0.1, 0.15) is 11.1 Å². The predicted octanol–water partition coefficient (Wildman–Crippen LogP) is 4.80. The van der Waals surface area contributed by atoms with Gasteiger partial charge in [-0.05, 0) is 114 Å². The summed E-state index contributed by atoms with van der Waals surface area (Å²) >= 11 is 6.62. The monoisotopic (exact) mass is 948 g/mol. The molecule has 68 heavy (non-hydrogen) atoms. The van der Waals surface area contributed by atoms with Crippen molar-refractivity contribution < 1.29 is 33.4 Å². The third-order valence-electron chi connectivity index (χ3n) is 14.8. The van der Waals surface area contributed by atoms with Crippen molar-refractivity contribution in [2.75, 3.05) is 68.0 Å². The van der Waals surface area contributed by atoms with Crippen LogP contribution in [0.4, 0.5) is 23.1 Å². The average Bonchev–Trinajstić information content (AvgIpc) is 3.82. The molecule has 1 saturated carbocycles. The quantitative estimate of drug-likeness (QED) is 0.164. The van der Waals surface area contributed by atoms with Gasteiger partial charge in [-0.15, -0.1) is 0 Å². The number of likely N-dealkylation sites (tertiary alicyclic amines) is 1. The largest absolute Gasteiger partial charge is 0.478 e. The molecule has 0 radical (unpaired) electrons. The second-order valence-corrected chi connectivity index (χ2v) is 19.9. The van der Waals surface area contributed by atoms with Crippen LogP contribution in [0.3, 0.4) is 0 Å². The number of pyridine rings is 1. The van der Waals surface area contributed by atoms with E-state index in [0.29, 0.717) is 39.6 Å². The molecule has 5 amide bonds. The number of carbonyl (C=O) groups excluding carboxylic acids is 5. The summed E-state index contributed by atoms with van der Waals surface area (Å²) in [6.45, 7) is 8.91. The van der Waals surface area contributed by atoms with E-state index in [2.05, 4.69) is 35.6 Å². The lowest BCUT2D eigenvalue weighted by Gasteiger charge is -2.45. The molecule has 5 aliphatic heterocycles. The molecule has 1 spiro atoms. The van der Waals surface area contributed by atoms with Crippen LogP contribution in [0.15, 0.2) is 53.5 Å². The number of benzene rings is 2. The molecule has 18 nitrogen and oxygen atoms in total. The van der Waals surface area contributed by atoms with Gasteiger partial charge in [0, 0.05) is 80.5 Å². The number of amides is 5. The van der Waals surface area contributed by atoms with Gasteiger partial charge in [0.05, 0.1) is 35.0 Å². The van der Waals surface area contributed by atoms with Crippen LogP contribution in [0.1, 0.15) is 98.4 Å². The first kappa shape index (κ1) is 45.7. The highest BCUT2D eigenvalue weighted by Crippen LogP contribution is 2.44. The fraction of sp³-hybridized carbons (Fsp3) is 0.510. The maximum Gasteiger partial charge on any atom is 0.293 e. The zero-order valence-electron chi connectivity index (χ0n) is 38.6. The molecule has 7 heterocycles.